The van der Waals surface area contributed by atoms with E-state index in [0.717, 1.165) is 15.6 Å². The second kappa shape index (κ2) is 6.33. The molecule has 2 rings (SSSR count). The van der Waals surface area contributed by atoms with Crippen LogP contribution in [-0.4, -0.2) is 16.5 Å². The van der Waals surface area contributed by atoms with Gasteiger partial charge >= 0.3 is 0 Å². The first-order valence-corrected chi connectivity index (χ1v) is 7.08. The highest BCUT2D eigenvalue weighted by molar-refractivity contribution is 7.11. The standard InChI is InChI=1S/C13H16N4O2S/c1-3-14-10-4-11(6-12(5-10)17(18)19)15-8-13-16-7-9(2)20-13/h4-7,14-15H,3,8H2,1-2H3. The van der Waals surface area contributed by atoms with E-state index in [9.17, 15) is 10.1 Å². The Morgan fingerprint density at radius 1 is 1.30 bits per heavy atom. The van der Waals surface area contributed by atoms with Crippen molar-refractivity contribution in [3.8, 4) is 0 Å². The van der Waals surface area contributed by atoms with Gasteiger partial charge in [-0.2, -0.15) is 0 Å². The van der Waals surface area contributed by atoms with Crippen LogP contribution in [0.15, 0.2) is 24.4 Å². The number of non-ortho nitro benzene ring substituents is 1. The van der Waals surface area contributed by atoms with Crippen LogP contribution in [0.2, 0.25) is 0 Å². The van der Waals surface area contributed by atoms with Gasteiger partial charge in [-0.1, -0.05) is 0 Å². The van der Waals surface area contributed by atoms with Gasteiger partial charge in [-0.3, -0.25) is 10.1 Å². The van der Waals surface area contributed by atoms with Gasteiger partial charge in [-0.15, -0.1) is 11.3 Å². The smallest absolute Gasteiger partial charge is 0.273 e. The molecule has 0 aliphatic heterocycles. The zero-order valence-electron chi connectivity index (χ0n) is 11.3. The van der Waals surface area contributed by atoms with E-state index in [0.29, 0.717) is 18.8 Å². The number of benzene rings is 1. The number of thiazole rings is 1. The average Bonchev–Trinajstić information content (AvgIpc) is 2.82. The molecule has 0 aliphatic carbocycles. The van der Waals surface area contributed by atoms with Gasteiger partial charge in [0.1, 0.15) is 5.01 Å². The molecule has 0 spiro atoms. The fraction of sp³-hybridized carbons (Fsp3) is 0.308. The third-order valence-electron chi connectivity index (χ3n) is 2.62. The minimum absolute atomic E-state index is 0.0706. The lowest BCUT2D eigenvalue weighted by atomic mass is 10.2. The van der Waals surface area contributed by atoms with Gasteiger partial charge in [0.2, 0.25) is 0 Å². The monoisotopic (exact) mass is 292 g/mol. The van der Waals surface area contributed by atoms with E-state index in [1.807, 2.05) is 26.1 Å². The van der Waals surface area contributed by atoms with Crippen LogP contribution >= 0.6 is 11.3 Å². The molecule has 0 fully saturated rings. The molecule has 1 heterocycles. The summed E-state index contributed by atoms with van der Waals surface area (Å²) in [5, 5.41) is 18.1. The van der Waals surface area contributed by atoms with Crippen LogP contribution in [-0.2, 0) is 6.54 Å². The van der Waals surface area contributed by atoms with Crippen molar-refractivity contribution in [1.29, 1.82) is 0 Å². The first kappa shape index (κ1) is 14.3. The van der Waals surface area contributed by atoms with E-state index in [1.165, 1.54) is 12.1 Å². The zero-order valence-corrected chi connectivity index (χ0v) is 12.2. The quantitative estimate of drug-likeness (QED) is 0.630. The number of aromatic nitrogens is 1. The maximum Gasteiger partial charge on any atom is 0.273 e. The molecule has 0 unspecified atom stereocenters. The van der Waals surface area contributed by atoms with Crippen molar-refractivity contribution >= 4 is 28.4 Å². The summed E-state index contributed by atoms with van der Waals surface area (Å²) in [7, 11) is 0. The highest BCUT2D eigenvalue weighted by Gasteiger charge is 2.10. The molecule has 0 amide bonds. The predicted molar refractivity (Wildman–Crippen MR) is 81.4 cm³/mol. The van der Waals surface area contributed by atoms with E-state index in [4.69, 9.17) is 0 Å². The lowest BCUT2D eigenvalue weighted by Crippen LogP contribution is -2.02. The Bertz CT molecular complexity index is 612. The molecule has 0 aliphatic rings. The highest BCUT2D eigenvalue weighted by atomic mass is 32.1. The summed E-state index contributed by atoms with van der Waals surface area (Å²) in [5.74, 6) is 0. The number of rotatable bonds is 6. The summed E-state index contributed by atoms with van der Waals surface area (Å²) in [6.07, 6.45) is 1.82. The maximum atomic E-state index is 10.9. The lowest BCUT2D eigenvalue weighted by Gasteiger charge is -2.08. The van der Waals surface area contributed by atoms with Crippen LogP contribution < -0.4 is 10.6 Å². The van der Waals surface area contributed by atoms with Crippen molar-refractivity contribution in [3.05, 3.63) is 44.4 Å². The van der Waals surface area contributed by atoms with Crippen LogP contribution in [0.5, 0.6) is 0 Å². The molecule has 7 heteroatoms. The number of hydrogen-bond donors (Lipinski definition) is 2. The summed E-state index contributed by atoms with van der Waals surface area (Å²) in [6, 6.07) is 4.92. The fourth-order valence-electron chi connectivity index (χ4n) is 1.79. The van der Waals surface area contributed by atoms with Gasteiger partial charge in [0, 0.05) is 41.1 Å². The van der Waals surface area contributed by atoms with Gasteiger partial charge in [-0.25, -0.2) is 4.98 Å². The number of nitro groups is 1. The second-order valence-electron chi connectivity index (χ2n) is 4.27. The molecule has 1 aromatic heterocycles. The van der Waals surface area contributed by atoms with Crippen LogP contribution in [0.3, 0.4) is 0 Å². The zero-order chi connectivity index (χ0) is 14.5. The minimum atomic E-state index is -0.389. The van der Waals surface area contributed by atoms with Crippen LogP contribution in [0.4, 0.5) is 17.1 Å². The molecule has 2 N–H and O–H groups in total. The van der Waals surface area contributed by atoms with Crippen LogP contribution in [0.1, 0.15) is 16.8 Å². The summed E-state index contributed by atoms with van der Waals surface area (Å²) in [6.45, 7) is 5.22. The number of anilines is 2. The van der Waals surface area contributed by atoms with Gasteiger partial charge in [0.15, 0.2) is 0 Å². The average molecular weight is 292 g/mol. The van der Waals surface area contributed by atoms with Gasteiger partial charge in [-0.05, 0) is 19.9 Å². The molecule has 0 radical (unpaired) electrons. The highest BCUT2D eigenvalue weighted by Crippen LogP contribution is 2.25. The van der Waals surface area contributed by atoms with Gasteiger partial charge in [0.05, 0.1) is 11.5 Å². The molecule has 0 bridgehead atoms. The van der Waals surface area contributed by atoms with Gasteiger partial charge < -0.3 is 10.6 Å². The molecule has 1 aromatic carbocycles. The van der Waals surface area contributed by atoms with E-state index in [2.05, 4.69) is 15.6 Å². The third kappa shape index (κ3) is 3.67. The molecule has 0 saturated heterocycles. The molecular formula is C13H16N4O2S. The summed E-state index contributed by atoms with van der Waals surface area (Å²) < 4.78 is 0. The SMILES string of the molecule is CCNc1cc(NCc2ncc(C)s2)cc([N+](=O)[O-])c1. The molecule has 0 saturated carbocycles. The Hall–Kier alpha value is -2.15. The first-order valence-electron chi connectivity index (χ1n) is 6.27. The maximum absolute atomic E-state index is 10.9. The number of aryl methyl sites for hydroxylation is 1. The Labute approximate surface area is 121 Å². The minimum Gasteiger partial charge on any atom is -0.385 e. The van der Waals surface area contributed by atoms with Crippen molar-refractivity contribution in [2.24, 2.45) is 0 Å². The van der Waals surface area contributed by atoms with Crippen LogP contribution in [0.25, 0.3) is 0 Å². The first-order chi connectivity index (χ1) is 9.58. The molecule has 2 aromatic rings. The predicted octanol–water partition coefficient (Wildman–Crippen LogP) is 3.40. The lowest BCUT2D eigenvalue weighted by molar-refractivity contribution is -0.384. The summed E-state index contributed by atoms with van der Waals surface area (Å²) in [5.41, 5.74) is 1.52. The van der Waals surface area contributed by atoms with Crippen molar-refractivity contribution < 1.29 is 4.92 Å². The Balaban J connectivity index is 2.15. The van der Waals surface area contributed by atoms with Crippen molar-refractivity contribution in [3.63, 3.8) is 0 Å². The van der Waals surface area contributed by atoms with Crippen LogP contribution in [0, 0.1) is 17.0 Å². The van der Waals surface area contributed by atoms with Crippen molar-refractivity contribution in [1.82, 2.24) is 4.98 Å². The fourth-order valence-corrected chi connectivity index (χ4v) is 2.51. The van der Waals surface area contributed by atoms with E-state index >= 15 is 0 Å². The molecule has 6 nitrogen and oxygen atoms in total. The summed E-state index contributed by atoms with van der Waals surface area (Å²) >= 11 is 1.61. The largest absolute Gasteiger partial charge is 0.385 e. The number of nitrogens with zero attached hydrogens (tertiary/aromatic N) is 2. The number of hydrogen-bond acceptors (Lipinski definition) is 6. The van der Waals surface area contributed by atoms with Gasteiger partial charge in [0.25, 0.3) is 5.69 Å². The number of nitro benzene ring substituents is 1. The normalized spacial score (nSPS) is 10.3. The van der Waals surface area contributed by atoms with Crippen molar-refractivity contribution in [2.45, 2.75) is 20.4 Å². The molecular weight excluding hydrogens is 276 g/mol. The van der Waals surface area contributed by atoms with E-state index in [-0.39, 0.29) is 10.6 Å². The van der Waals surface area contributed by atoms with Crippen molar-refractivity contribution in [2.75, 3.05) is 17.2 Å². The van der Waals surface area contributed by atoms with E-state index in [1.54, 1.807) is 11.3 Å². The second-order valence-corrected chi connectivity index (χ2v) is 5.59. The third-order valence-corrected chi connectivity index (χ3v) is 3.54. The van der Waals surface area contributed by atoms with E-state index < -0.39 is 0 Å². The Morgan fingerprint density at radius 3 is 2.55 bits per heavy atom. The number of nitrogens with one attached hydrogen (secondary N) is 2. The molecule has 20 heavy (non-hydrogen) atoms. The Morgan fingerprint density at radius 2 is 2.00 bits per heavy atom. The topological polar surface area (TPSA) is 80.1 Å². The molecule has 106 valence electrons. The summed E-state index contributed by atoms with van der Waals surface area (Å²) in [4.78, 5) is 15.9. The molecule has 0 atom stereocenters. The Kier molecular flexibility index (Phi) is 4.52.